The predicted octanol–water partition coefficient (Wildman–Crippen LogP) is 2.12. The molecule has 0 bridgehead atoms. The summed E-state index contributed by atoms with van der Waals surface area (Å²) in [4.78, 5) is 5.26. The van der Waals surface area contributed by atoms with Crippen molar-refractivity contribution in [1.29, 1.82) is 0 Å². The minimum atomic E-state index is 0.568. The van der Waals surface area contributed by atoms with Gasteiger partial charge in [0.15, 0.2) is 0 Å². The third kappa shape index (κ3) is 3.22. The molecule has 3 heteroatoms. The second-order valence-electron chi connectivity index (χ2n) is 6.26. The monoisotopic (exact) mass is 273 g/mol. The lowest BCUT2D eigenvalue weighted by Gasteiger charge is -2.44. The number of hydrogen-bond donors (Lipinski definition) is 1. The van der Waals surface area contributed by atoms with Gasteiger partial charge in [0.25, 0.3) is 0 Å². The molecule has 0 amide bonds. The first kappa shape index (κ1) is 14.1. The molecule has 2 aliphatic rings. The number of likely N-dealkylation sites (N-methyl/N-ethyl adjacent to an activating group) is 1. The van der Waals surface area contributed by atoms with E-state index in [2.05, 4.69) is 52.5 Å². The third-order valence-electron chi connectivity index (χ3n) is 4.82. The Labute approximate surface area is 123 Å². The van der Waals surface area contributed by atoms with Gasteiger partial charge in [-0.15, -0.1) is 0 Å². The van der Waals surface area contributed by atoms with E-state index in [4.69, 9.17) is 0 Å². The lowest BCUT2D eigenvalue weighted by Crippen LogP contribution is -2.51. The second-order valence-corrected chi connectivity index (χ2v) is 6.26. The van der Waals surface area contributed by atoms with Crippen molar-refractivity contribution in [2.45, 2.75) is 31.3 Å². The van der Waals surface area contributed by atoms with E-state index < -0.39 is 0 Å². The van der Waals surface area contributed by atoms with Crippen molar-refractivity contribution < 1.29 is 0 Å². The Hall–Kier alpha value is -0.900. The Bertz CT molecular complexity index is 398. The first-order valence-electron chi connectivity index (χ1n) is 8.04. The molecule has 20 heavy (non-hydrogen) atoms. The fraction of sp³-hybridized carbons (Fsp3) is 0.647. The van der Waals surface area contributed by atoms with Gasteiger partial charge in [-0.25, -0.2) is 0 Å². The van der Waals surface area contributed by atoms with Crippen LogP contribution >= 0.6 is 0 Å². The molecule has 2 aliphatic heterocycles. The van der Waals surface area contributed by atoms with E-state index in [9.17, 15) is 0 Å². The van der Waals surface area contributed by atoms with Crippen molar-refractivity contribution in [3.05, 3.63) is 35.9 Å². The molecule has 3 rings (SSSR count). The zero-order valence-corrected chi connectivity index (χ0v) is 12.6. The maximum atomic E-state index is 3.54. The van der Waals surface area contributed by atoms with Crippen molar-refractivity contribution in [2.75, 3.05) is 39.8 Å². The Kier molecular flexibility index (Phi) is 4.71. The second kappa shape index (κ2) is 6.70. The molecule has 2 atom stereocenters. The first-order valence-corrected chi connectivity index (χ1v) is 8.04. The van der Waals surface area contributed by atoms with Crippen LogP contribution in [0.5, 0.6) is 0 Å². The Morgan fingerprint density at radius 2 is 1.90 bits per heavy atom. The van der Waals surface area contributed by atoms with Crippen LogP contribution in [0.25, 0.3) is 0 Å². The van der Waals surface area contributed by atoms with Gasteiger partial charge in [0.2, 0.25) is 0 Å². The quantitative estimate of drug-likeness (QED) is 0.890. The van der Waals surface area contributed by atoms with Crippen molar-refractivity contribution in [2.24, 2.45) is 0 Å². The van der Waals surface area contributed by atoms with Crippen LogP contribution in [0.15, 0.2) is 30.3 Å². The van der Waals surface area contributed by atoms with Crippen LogP contribution in [0.4, 0.5) is 0 Å². The van der Waals surface area contributed by atoms with Gasteiger partial charge in [0.1, 0.15) is 0 Å². The van der Waals surface area contributed by atoms with E-state index in [0.29, 0.717) is 6.04 Å². The van der Waals surface area contributed by atoms with E-state index in [0.717, 1.165) is 12.6 Å². The molecule has 110 valence electrons. The van der Waals surface area contributed by atoms with Crippen molar-refractivity contribution in [1.82, 2.24) is 15.1 Å². The van der Waals surface area contributed by atoms with Crippen LogP contribution in [0.1, 0.15) is 30.9 Å². The van der Waals surface area contributed by atoms with Crippen LogP contribution in [0.3, 0.4) is 0 Å². The minimum Gasteiger partial charge on any atom is -0.317 e. The highest BCUT2D eigenvalue weighted by Crippen LogP contribution is 2.29. The van der Waals surface area contributed by atoms with Gasteiger partial charge in [-0.1, -0.05) is 30.3 Å². The number of benzene rings is 1. The van der Waals surface area contributed by atoms with E-state index >= 15 is 0 Å². The molecule has 2 saturated heterocycles. The molecule has 0 aromatic heterocycles. The van der Waals surface area contributed by atoms with Gasteiger partial charge in [0.05, 0.1) is 0 Å². The molecule has 0 aliphatic carbocycles. The van der Waals surface area contributed by atoms with Gasteiger partial charge in [-0.05, 0) is 45.0 Å². The van der Waals surface area contributed by atoms with Crippen LogP contribution in [-0.2, 0) is 0 Å². The smallest absolute Gasteiger partial charge is 0.0478 e. The largest absolute Gasteiger partial charge is 0.317 e. The molecule has 2 fully saturated rings. The Morgan fingerprint density at radius 1 is 1.05 bits per heavy atom. The van der Waals surface area contributed by atoms with Crippen molar-refractivity contribution in [3.63, 3.8) is 0 Å². The summed E-state index contributed by atoms with van der Waals surface area (Å²) in [5.41, 5.74) is 1.48. The molecule has 1 aromatic rings. The highest BCUT2D eigenvalue weighted by atomic mass is 15.3. The maximum absolute atomic E-state index is 3.54. The number of nitrogens with one attached hydrogen (secondary N) is 1. The molecular formula is C17H27N3. The van der Waals surface area contributed by atoms with Crippen molar-refractivity contribution >= 4 is 0 Å². The minimum absolute atomic E-state index is 0.568. The fourth-order valence-corrected chi connectivity index (χ4v) is 3.67. The lowest BCUT2D eigenvalue weighted by atomic mass is 9.97. The SMILES string of the molecule is CN1CCN(C2CCCNCC2)C(c2ccccc2)C1. The van der Waals surface area contributed by atoms with E-state index in [1.54, 1.807) is 0 Å². The number of nitrogens with zero attached hydrogens (tertiary/aromatic N) is 2. The van der Waals surface area contributed by atoms with Gasteiger partial charge in [-0.3, -0.25) is 4.90 Å². The summed E-state index contributed by atoms with van der Waals surface area (Å²) in [7, 11) is 2.25. The highest BCUT2D eigenvalue weighted by Gasteiger charge is 2.31. The zero-order valence-electron chi connectivity index (χ0n) is 12.6. The summed E-state index contributed by atoms with van der Waals surface area (Å²) in [6.07, 6.45) is 3.96. The molecule has 3 nitrogen and oxygen atoms in total. The molecule has 2 unspecified atom stereocenters. The summed E-state index contributed by atoms with van der Waals surface area (Å²) in [6, 6.07) is 12.4. The third-order valence-corrected chi connectivity index (χ3v) is 4.82. The highest BCUT2D eigenvalue weighted by molar-refractivity contribution is 5.20. The topological polar surface area (TPSA) is 18.5 Å². The molecular weight excluding hydrogens is 246 g/mol. The van der Waals surface area contributed by atoms with Gasteiger partial charge in [0, 0.05) is 31.7 Å². The molecule has 2 heterocycles. The normalized spacial score (nSPS) is 30.1. The maximum Gasteiger partial charge on any atom is 0.0478 e. The van der Waals surface area contributed by atoms with Crippen molar-refractivity contribution in [3.8, 4) is 0 Å². The van der Waals surface area contributed by atoms with Gasteiger partial charge in [-0.2, -0.15) is 0 Å². The molecule has 0 radical (unpaired) electrons. The molecule has 0 spiro atoms. The Morgan fingerprint density at radius 3 is 2.75 bits per heavy atom. The lowest BCUT2D eigenvalue weighted by molar-refractivity contribution is 0.0463. The van der Waals surface area contributed by atoms with E-state index in [1.165, 1.54) is 51.0 Å². The fourth-order valence-electron chi connectivity index (χ4n) is 3.67. The number of hydrogen-bond acceptors (Lipinski definition) is 3. The first-order chi connectivity index (χ1) is 9.84. The van der Waals surface area contributed by atoms with E-state index in [1.807, 2.05) is 0 Å². The summed E-state index contributed by atoms with van der Waals surface area (Å²) in [5.74, 6) is 0. The average Bonchev–Trinajstić information content (AvgIpc) is 2.77. The van der Waals surface area contributed by atoms with Crippen LogP contribution in [-0.4, -0.2) is 55.6 Å². The standard InChI is InChI=1S/C17H27N3/c1-19-12-13-20(16-8-5-10-18-11-9-16)17(14-19)15-6-3-2-4-7-15/h2-4,6-7,16-18H,5,8-14H2,1H3. The summed E-state index contributed by atoms with van der Waals surface area (Å²) < 4.78 is 0. The van der Waals surface area contributed by atoms with Crippen LogP contribution in [0, 0.1) is 0 Å². The average molecular weight is 273 g/mol. The predicted molar refractivity (Wildman–Crippen MR) is 83.9 cm³/mol. The van der Waals surface area contributed by atoms with Gasteiger partial charge < -0.3 is 10.2 Å². The Balaban J connectivity index is 1.79. The summed E-state index contributed by atoms with van der Waals surface area (Å²) >= 11 is 0. The molecule has 0 saturated carbocycles. The number of piperazine rings is 1. The van der Waals surface area contributed by atoms with Crippen LogP contribution < -0.4 is 5.32 Å². The van der Waals surface area contributed by atoms with Crippen LogP contribution in [0.2, 0.25) is 0 Å². The summed E-state index contributed by atoms with van der Waals surface area (Å²) in [6.45, 7) is 5.95. The molecule has 1 aromatic carbocycles. The number of rotatable bonds is 2. The van der Waals surface area contributed by atoms with Gasteiger partial charge >= 0.3 is 0 Å². The zero-order chi connectivity index (χ0) is 13.8. The summed E-state index contributed by atoms with van der Waals surface area (Å²) in [5, 5.41) is 3.54. The molecule has 1 N–H and O–H groups in total. The van der Waals surface area contributed by atoms with E-state index in [-0.39, 0.29) is 0 Å².